The van der Waals surface area contributed by atoms with Gasteiger partial charge in [-0.25, -0.2) is 4.68 Å². The summed E-state index contributed by atoms with van der Waals surface area (Å²) in [7, 11) is 0. The fourth-order valence-electron chi connectivity index (χ4n) is 4.99. The van der Waals surface area contributed by atoms with Gasteiger partial charge in [-0.3, -0.25) is 9.59 Å². The van der Waals surface area contributed by atoms with Crippen LogP contribution in [-0.4, -0.2) is 40.2 Å². The number of likely N-dealkylation sites (tertiary alicyclic amines) is 1. The summed E-state index contributed by atoms with van der Waals surface area (Å²) in [5.41, 5.74) is 3.03. The fraction of sp³-hybridized carbons (Fsp3) is 0.321. The van der Waals surface area contributed by atoms with Gasteiger partial charge in [-0.05, 0) is 80.0 Å². The van der Waals surface area contributed by atoms with Gasteiger partial charge < -0.3 is 10.2 Å². The first kappa shape index (κ1) is 23.5. The number of fused-ring (bicyclic) bond motifs is 1. The first-order chi connectivity index (χ1) is 17.1. The zero-order chi connectivity index (χ0) is 24.2. The summed E-state index contributed by atoms with van der Waals surface area (Å²) in [4.78, 5) is 28.0. The van der Waals surface area contributed by atoms with Crippen molar-refractivity contribution in [2.45, 2.75) is 38.6 Å². The lowest BCUT2D eigenvalue weighted by Gasteiger charge is -2.32. The van der Waals surface area contributed by atoms with Gasteiger partial charge in [0.25, 0.3) is 5.56 Å². The van der Waals surface area contributed by atoms with E-state index < -0.39 is 0 Å². The summed E-state index contributed by atoms with van der Waals surface area (Å²) >= 11 is 1.65. The summed E-state index contributed by atoms with van der Waals surface area (Å²) in [6.07, 6.45) is 3.08. The van der Waals surface area contributed by atoms with Crippen LogP contribution in [-0.2, 0) is 11.3 Å². The van der Waals surface area contributed by atoms with Crippen molar-refractivity contribution in [2.24, 2.45) is 0 Å². The minimum Gasteiger partial charge on any atom is -0.326 e. The molecular weight excluding hydrogens is 456 g/mol. The average molecular weight is 487 g/mol. The number of piperidine rings is 1. The summed E-state index contributed by atoms with van der Waals surface area (Å²) in [5, 5.41) is 11.3. The van der Waals surface area contributed by atoms with Gasteiger partial charge in [0, 0.05) is 24.5 Å². The van der Waals surface area contributed by atoms with Crippen molar-refractivity contribution in [1.29, 1.82) is 0 Å². The van der Waals surface area contributed by atoms with Gasteiger partial charge in [0.1, 0.15) is 5.69 Å². The van der Waals surface area contributed by atoms with E-state index in [4.69, 9.17) is 5.10 Å². The third kappa shape index (κ3) is 5.36. The smallest absolute Gasteiger partial charge is 0.274 e. The minimum absolute atomic E-state index is 0.0151. The Balaban J connectivity index is 1.21. The highest BCUT2D eigenvalue weighted by Crippen LogP contribution is 2.30. The number of carbonyl (C=O) groups excluding carboxylic acids is 1. The van der Waals surface area contributed by atoms with Crippen LogP contribution in [0.3, 0.4) is 0 Å². The van der Waals surface area contributed by atoms with Crippen molar-refractivity contribution in [3.63, 3.8) is 0 Å². The summed E-state index contributed by atoms with van der Waals surface area (Å²) in [6, 6.07) is 20.1. The molecule has 1 amide bonds. The van der Waals surface area contributed by atoms with Crippen molar-refractivity contribution in [3.05, 3.63) is 82.0 Å². The molecule has 2 aromatic carbocycles. The highest BCUT2D eigenvalue weighted by molar-refractivity contribution is 7.13. The number of hydrogen-bond donors (Lipinski definition) is 1. The summed E-state index contributed by atoms with van der Waals surface area (Å²) in [6.45, 7) is 5.18. The van der Waals surface area contributed by atoms with Gasteiger partial charge in [-0.1, -0.05) is 36.4 Å². The van der Waals surface area contributed by atoms with E-state index in [0.29, 0.717) is 12.5 Å². The number of carbonyl (C=O) groups is 1. The monoisotopic (exact) mass is 486 g/mol. The topological polar surface area (TPSA) is 67.2 Å². The predicted molar refractivity (Wildman–Crippen MR) is 143 cm³/mol. The number of benzene rings is 2. The first-order valence-corrected chi connectivity index (χ1v) is 13.1. The third-order valence-electron chi connectivity index (χ3n) is 6.73. The molecule has 0 unspecified atom stereocenters. The van der Waals surface area contributed by atoms with Crippen molar-refractivity contribution < 1.29 is 4.79 Å². The molecule has 3 heterocycles. The van der Waals surface area contributed by atoms with Gasteiger partial charge in [-0.15, -0.1) is 11.3 Å². The number of anilines is 1. The lowest BCUT2D eigenvalue weighted by molar-refractivity contribution is -0.114. The SMILES string of the molecule is CC(=O)Nc1cccc(C2CCN(CCCn3nc(-c4cccs4)c4ccccc4c3=O)CC2)c1. The third-order valence-corrected chi connectivity index (χ3v) is 7.61. The van der Waals surface area contributed by atoms with E-state index in [-0.39, 0.29) is 11.5 Å². The van der Waals surface area contributed by atoms with Gasteiger partial charge in [0.15, 0.2) is 0 Å². The van der Waals surface area contributed by atoms with E-state index in [9.17, 15) is 9.59 Å². The maximum Gasteiger partial charge on any atom is 0.274 e. The largest absolute Gasteiger partial charge is 0.326 e. The summed E-state index contributed by atoms with van der Waals surface area (Å²) < 4.78 is 1.65. The number of aromatic nitrogens is 2. The second-order valence-corrected chi connectivity index (χ2v) is 10.1. The van der Waals surface area contributed by atoms with Gasteiger partial charge in [0.05, 0.1) is 10.3 Å². The second kappa shape index (κ2) is 10.5. The Hall–Kier alpha value is -3.29. The Labute approximate surface area is 209 Å². The molecule has 5 rings (SSSR count). The van der Waals surface area contributed by atoms with Crippen LogP contribution in [0.25, 0.3) is 21.3 Å². The molecule has 0 spiro atoms. The lowest BCUT2D eigenvalue weighted by atomic mass is 9.89. The van der Waals surface area contributed by atoms with E-state index >= 15 is 0 Å². The Morgan fingerprint density at radius 3 is 2.57 bits per heavy atom. The quantitative estimate of drug-likeness (QED) is 0.382. The van der Waals surface area contributed by atoms with E-state index in [0.717, 1.165) is 65.9 Å². The molecule has 35 heavy (non-hydrogen) atoms. The Morgan fingerprint density at radius 1 is 1.03 bits per heavy atom. The minimum atomic E-state index is -0.0421. The number of nitrogens with one attached hydrogen (secondary N) is 1. The van der Waals surface area contributed by atoms with Crippen molar-refractivity contribution in [1.82, 2.24) is 14.7 Å². The van der Waals surface area contributed by atoms with E-state index in [2.05, 4.69) is 28.4 Å². The van der Waals surface area contributed by atoms with Crippen LogP contribution in [0.1, 0.15) is 37.7 Å². The molecule has 180 valence electrons. The van der Waals surface area contributed by atoms with Gasteiger partial charge in [-0.2, -0.15) is 5.10 Å². The zero-order valence-corrected chi connectivity index (χ0v) is 20.8. The van der Waals surface area contributed by atoms with Crippen LogP contribution in [0.15, 0.2) is 70.8 Å². The first-order valence-electron chi connectivity index (χ1n) is 12.2. The molecule has 4 aromatic rings. The fourth-order valence-corrected chi connectivity index (χ4v) is 5.71. The number of nitrogens with zero attached hydrogens (tertiary/aromatic N) is 3. The predicted octanol–water partition coefficient (Wildman–Crippen LogP) is 5.35. The molecule has 1 aliphatic rings. The number of rotatable bonds is 7. The maximum absolute atomic E-state index is 13.1. The highest BCUT2D eigenvalue weighted by Gasteiger charge is 2.21. The van der Waals surface area contributed by atoms with Crippen LogP contribution in [0, 0.1) is 0 Å². The highest BCUT2D eigenvalue weighted by atomic mass is 32.1. The average Bonchev–Trinajstić information content (AvgIpc) is 3.41. The molecule has 1 fully saturated rings. The van der Waals surface area contributed by atoms with Crippen molar-refractivity contribution >= 4 is 33.7 Å². The Morgan fingerprint density at radius 2 is 1.83 bits per heavy atom. The summed E-state index contributed by atoms with van der Waals surface area (Å²) in [5.74, 6) is 0.470. The molecular formula is C28H30N4O2S. The Kier molecular flexibility index (Phi) is 7.06. The molecule has 6 nitrogen and oxygen atoms in total. The molecule has 2 aromatic heterocycles. The Bertz CT molecular complexity index is 1370. The normalized spacial score (nSPS) is 14.9. The van der Waals surface area contributed by atoms with Gasteiger partial charge >= 0.3 is 0 Å². The van der Waals surface area contributed by atoms with Crippen LogP contribution in [0.5, 0.6) is 0 Å². The van der Waals surface area contributed by atoms with Gasteiger partial charge in [0.2, 0.25) is 5.91 Å². The molecule has 1 saturated heterocycles. The lowest BCUT2D eigenvalue weighted by Crippen LogP contribution is -2.34. The molecule has 1 aliphatic heterocycles. The van der Waals surface area contributed by atoms with E-state index in [1.807, 2.05) is 47.8 Å². The van der Waals surface area contributed by atoms with Crippen LogP contribution >= 0.6 is 11.3 Å². The molecule has 0 aliphatic carbocycles. The molecule has 0 radical (unpaired) electrons. The number of amides is 1. The maximum atomic E-state index is 13.1. The number of hydrogen-bond acceptors (Lipinski definition) is 5. The van der Waals surface area contributed by atoms with E-state index in [1.165, 1.54) is 12.5 Å². The van der Waals surface area contributed by atoms with E-state index in [1.54, 1.807) is 16.0 Å². The molecule has 7 heteroatoms. The zero-order valence-electron chi connectivity index (χ0n) is 19.9. The van der Waals surface area contributed by atoms with Crippen molar-refractivity contribution in [3.8, 4) is 10.6 Å². The molecule has 0 atom stereocenters. The van der Waals surface area contributed by atoms with Crippen LogP contribution < -0.4 is 10.9 Å². The second-order valence-electron chi connectivity index (χ2n) is 9.18. The number of thiophene rings is 1. The number of aryl methyl sites for hydroxylation is 1. The standard InChI is InChI=1S/C28H30N4O2S/c1-20(33)29-23-8-4-7-22(19-23)21-12-16-31(17-13-21)14-6-15-32-28(34)25-10-3-2-9-24(25)27(30-32)26-11-5-18-35-26/h2-5,7-11,18-19,21H,6,12-17H2,1H3,(H,29,33). The molecule has 0 bridgehead atoms. The van der Waals surface area contributed by atoms with Crippen LogP contribution in [0.4, 0.5) is 5.69 Å². The van der Waals surface area contributed by atoms with Crippen LogP contribution in [0.2, 0.25) is 0 Å². The molecule has 1 N–H and O–H groups in total. The molecule has 0 saturated carbocycles. The van der Waals surface area contributed by atoms with Crippen molar-refractivity contribution in [2.75, 3.05) is 25.0 Å².